The van der Waals surface area contributed by atoms with E-state index < -0.39 is 0 Å². The van der Waals surface area contributed by atoms with Crippen LogP contribution in [0.2, 0.25) is 0 Å². The fourth-order valence-electron chi connectivity index (χ4n) is 3.01. The van der Waals surface area contributed by atoms with Crippen molar-refractivity contribution in [3.8, 4) is 0 Å². The lowest BCUT2D eigenvalue weighted by Crippen LogP contribution is -2.44. The first kappa shape index (κ1) is 12.6. The first-order valence-corrected chi connectivity index (χ1v) is 6.48. The normalized spacial score (nSPS) is 29.6. The van der Waals surface area contributed by atoms with Gasteiger partial charge < -0.3 is 0 Å². The summed E-state index contributed by atoms with van der Waals surface area (Å²) in [6.45, 7) is 2.31. The van der Waals surface area contributed by atoms with Crippen LogP contribution in [0, 0.1) is 11.7 Å². The van der Waals surface area contributed by atoms with Gasteiger partial charge in [0.05, 0.1) is 0 Å². The molecule has 1 saturated carbocycles. The maximum Gasteiger partial charge on any atom is 0.123 e. The highest BCUT2D eigenvalue weighted by Gasteiger charge is 2.37. The van der Waals surface area contributed by atoms with E-state index in [1.165, 1.54) is 18.9 Å². The third-order valence-electron chi connectivity index (χ3n) is 4.32. The van der Waals surface area contributed by atoms with Gasteiger partial charge in [0.25, 0.3) is 0 Å². The topological polar surface area (TPSA) is 3.24 Å². The van der Waals surface area contributed by atoms with Gasteiger partial charge in [0, 0.05) is 5.54 Å². The number of nitrogens with zero attached hydrogens (tertiary/aromatic N) is 1. The lowest BCUT2D eigenvalue weighted by molar-refractivity contribution is 0.0807. The summed E-state index contributed by atoms with van der Waals surface area (Å²) in [5.74, 6) is 0.680. The van der Waals surface area contributed by atoms with E-state index in [-0.39, 0.29) is 11.4 Å². The molecule has 1 nitrogen and oxygen atoms in total. The van der Waals surface area contributed by atoms with Gasteiger partial charge in [-0.3, -0.25) is 4.90 Å². The van der Waals surface area contributed by atoms with E-state index in [2.05, 4.69) is 32.0 Å². The third kappa shape index (κ3) is 2.37. The molecule has 0 aromatic heterocycles. The van der Waals surface area contributed by atoms with Gasteiger partial charge in [-0.15, -0.1) is 0 Å². The molecular formula is C15H22FN. The van der Waals surface area contributed by atoms with Crippen molar-refractivity contribution in [1.82, 2.24) is 4.90 Å². The fourth-order valence-corrected chi connectivity index (χ4v) is 3.01. The highest BCUT2D eigenvalue weighted by molar-refractivity contribution is 5.26. The zero-order valence-corrected chi connectivity index (χ0v) is 11.0. The molecule has 0 amide bonds. The van der Waals surface area contributed by atoms with Crippen molar-refractivity contribution >= 4 is 0 Å². The molecule has 0 bridgehead atoms. The van der Waals surface area contributed by atoms with Crippen LogP contribution in [0.3, 0.4) is 0 Å². The lowest BCUT2D eigenvalue weighted by Gasteiger charge is -2.45. The van der Waals surface area contributed by atoms with Crippen LogP contribution in [0.4, 0.5) is 4.39 Å². The van der Waals surface area contributed by atoms with Crippen molar-refractivity contribution in [2.24, 2.45) is 5.92 Å². The van der Waals surface area contributed by atoms with E-state index in [1.54, 1.807) is 6.07 Å². The molecule has 0 N–H and O–H groups in total. The summed E-state index contributed by atoms with van der Waals surface area (Å²) in [4.78, 5) is 2.27. The van der Waals surface area contributed by atoms with Gasteiger partial charge in [0.15, 0.2) is 0 Å². The van der Waals surface area contributed by atoms with E-state index in [1.807, 2.05) is 6.07 Å². The third-order valence-corrected chi connectivity index (χ3v) is 4.32. The SMILES string of the molecule is CC1CCC(c2cccc(F)c2)(N(C)C)CC1. The maximum atomic E-state index is 13.4. The summed E-state index contributed by atoms with van der Waals surface area (Å²) in [5, 5.41) is 0. The molecule has 1 fully saturated rings. The van der Waals surface area contributed by atoms with Crippen LogP contribution in [0.5, 0.6) is 0 Å². The highest BCUT2D eigenvalue weighted by atomic mass is 19.1. The molecule has 1 aromatic rings. The molecule has 17 heavy (non-hydrogen) atoms. The van der Waals surface area contributed by atoms with Crippen molar-refractivity contribution < 1.29 is 4.39 Å². The molecule has 0 aliphatic heterocycles. The van der Waals surface area contributed by atoms with Crippen molar-refractivity contribution in [3.63, 3.8) is 0 Å². The zero-order chi connectivity index (χ0) is 12.5. The lowest BCUT2D eigenvalue weighted by atomic mass is 9.72. The average molecular weight is 235 g/mol. The van der Waals surface area contributed by atoms with Gasteiger partial charge in [0.2, 0.25) is 0 Å². The summed E-state index contributed by atoms with van der Waals surface area (Å²) in [7, 11) is 4.22. The molecule has 0 atom stereocenters. The quantitative estimate of drug-likeness (QED) is 0.753. The Kier molecular flexibility index (Phi) is 3.53. The Bertz CT molecular complexity index is 378. The molecule has 0 unspecified atom stereocenters. The summed E-state index contributed by atoms with van der Waals surface area (Å²) in [6.07, 6.45) is 4.72. The van der Waals surface area contributed by atoms with Crippen LogP contribution in [0.25, 0.3) is 0 Å². The zero-order valence-electron chi connectivity index (χ0n) is 11.0. The largest absolute Gasteiger partial charge is 0.300 e. The molecular weight excluding hydrogens is 213 g/mol. The predicted octanol–water partition coefficient (Wildman–Crippen LogP) is 3.79. The molecule has 1 aliphatic rings. The Morgan fingerprint density at radius 2 is 1.88 bits per heavy atom. The van der Waals surface area contributed by atoms with Crippen LogP contribution in [0.1, 0.15) is 38.2 Å². The molecule has 2 heteroatoms. The maximum absolute atomic E-state index is 13.4. The van der Waals surface area contributed by atoms with E-state index >= 15 is 0 Å². The fraction of sp³-hybridized carbons (Fsp3) is 0.600. The second-order valence-electron chi connectivity index (χ2n) is 5.62. The number of halogens is 1. The minimum Gasteiger partial charge on any atom is -0.300 e. The number of rotatable bonds is 2. The molecule has 0 spiro atoms. The monoisotopic (exact) mass is 235 g/mol. The second kappa shape index (κ2) is 4.77. The minimum absolute atomic E-state index is 0.0363. The van der Waals surface area contributed by atoms with Crippen LogP contribution in [-0.2, 0) is 5.54 Å². The van der Waals surface area contributed by atoms with E-state index in [9.17, 15) is 4.39 Å². The van der Waals surface area contributed by atoms with Gasteiger partial charge in [-0.25, -0.2) is 4.39 Å². The summed E-state index contributed by atoms with van der Waals surface area (Å²) < 4.78 is 13.4. The Hall–Kier alpha value is -0.890. The number of hydrogen-bond donors (Lipinski definition) is 0. The van der Waals surface area contributed by atoms with Gasteiger partial charge in [-0.1, -0.05) is 19.1 Å². The Morgan fingerprint density at radius 1 is 1.24 bits per heavy atom. The van der Waals surface area contributed by atoms with Gasteiger partial charge in [-0.05, 0) is 63.4 Å². The molecule has 0 saturated heterocycles. The molecule has 0 radical (unpaired) electrons. The number of hydrogen-bond acceptors (Lipinski definition) is 1. The van der Waals surface area contributed by atoms with Crippen LogP contribution in [0.15, 0.2) is 24.3 Å². The Balaban J connectivity index is 2.35. The molecule has 1 aliphatic carbocycles. The predicted molar refractivity (Wildman–Crippen MR) is 69.4 cm³/mol. The smallest absolute Gasteiger partial charge is 0.123 e. The first-order valence-electron chi connectivity index (χ1n) is 6.48. The van der Waals surface area contributed by atoms with Crippen molar-refractivity contribution in [1.29, 1.82) is 0 Å². The highest BCUT2D eigenvalue weighted by Crippen LogP contribution is 2.42. The summed E-state index contributed by atoms with van der Waals surface area (Å²) >= 11 is 0. The van der Waals surface area contributed by atoms with Gasteiger partial charge >= 0.3 is 0 Å². The van der Waals surface area contributed by atoms with Crippen molar-refractivity contribution in [3.05, 3.63) is 35.6 Å². The second-order valence-corrected chi connectivity index (χ2v) is 5.62. The first-order chi connectivity index (χ1) is 8.04. The van der Waals surface area contributed by atoms with Crippen LogP contribution in [-0.4, -0.2) is 19.0 Å². The van der Waals surface area contributed by atoms with Crippen LogP contribution < -0.4 is 0 Å². The van der Waals surface area contributed by atoms with E-state index in [0.29, 0.717) is 0 Å². The van der Waals surface area contributed by atoms with E-state index in [0.717, 1.165) is 24.3 Å². The van der Waals surface area contributed by atoms with Crippen LogP contribution >= 0.6 is 0 Å². The number of benzene rings is 1. The Morgan fingerprint density at radius 3 is 2.41 bits per heavy atom. The van der Waals surface area contributed by atoms with Crippen molar-refractivity contribution in [2.45, 2.75) is 38.1 Å². The molecule has 94 valence electrons. The van der Waals surface area contributed by atoms with E-state index in [4.69, 9.17) is 0 Å². The van der Waals surface area contributed by atoms with Gasteiger partial charge in [-0.2, -0.15) is 0 Å². The summed E-state index contributed by atoms with van der Waals surface area (Å²) in [5.41, 5.74) is 1.17. The molecule has 2 rings (SSSR count). The standard InChI is InChI=1S/C15H22FN/c1-12-7-9-15(10-8-12,17(2)3)13-5-4-6-14(16)11-13/h4-6,11-12H,7-10H2,1-3H3. The average Bonchev–Trinajstić information content (AvgIpc) is 2.30. The summed E-state index contributed by atoms with van der Waals surface area (Å²) in [6, 6.07) is 7.13. The minimum atomic E-state index is -0.123. The van der Waals surface area contributed by atoms with Gasteiger partial charge in [0.1, 0.15) is 5.82 Å². The Labute approximate surface area is 104 Å². The molecule has 0 heterocycles. The van der Waals surface area contributed by atoms with Crippen molar-refractivity contribution in [2.75, 3.05) is 14.1 Å². The molecule has 1 aromatic carbocycles.